The first kappa shape index (κ1) is 14.9. The number of hydrogen-bond acceptors (Lipinski definition) is 5. The van der Waals surface area contributed by atoms with Gasteiger partial charge in [0.2, 0.25) is 0 Å². The summed E-state index contributed by atoms with van der Waals surface area (Å²) in [4.78, 5) is 5.75. The highest BCUT2D eigenvalue weighted by atomic mass is 32.2. The van der Waals surface area contributed by atoms with E-state index in [9.17, 15) is 8.42 Å². The maximum Gasteiger partial charge on any atom is 0.175 e. The third kappa shape index (κ3) is 3.98. The molecule has 0 saturated carbocycles. The fourth-order valence-electron chi connectivity index (χ4n) is 1.63. The highest BCUT2D eigenvalue weighted by Crippen LogP contribution is 2.27. The first-order valence-electron chi connectivity index (χ1n) is 6.18. The largest absolute Gasteiger partial charge is 0.370 e. The van der Waals surface area contributed by atoms with Crippen LogP contribution in [0.3, 0.4) is 0 Å². The smallest absolute Gasteiger partial charge is 0.175 e. The third-order valence-corrected chi connectivity index (χ3v) is 4.63. The van der Waals surface area contributed by atoms with Crippen LogP contribution in [-0.4, -0.2) is 26.2 Å². The van der Waals surface area contributed by atoms with Crippen molar-refractivity contribution in [1.82, 2.24) is 4.98 Å². The standard InChI is InChI=1S/C14H16N2O2S2/c1-3-15-13-5-4-6-14(16-13)19-11-7-9-12(10-8-11)20(2,17)18/h4-10H,3H2,1-2H3,(H,15,16). The molecule has 6 heteroatoms. The Morgan fingerprint density at radius 2 is 1.85 bits per heavy atom. The van der Waals surface area contributed by atoms with E-state index in [2.05, 4.69) is 10.3 Å². The molecule has 20 heavy (non-hydrogen) atoms. The Hall–Kier alpha value is -1.53. The third-order valence-electron chi connectivity index (χ3n) is 2.56. The SMILES string of the molecule is CCNc1cccc(Sc2ccc(S(C)(=O)=O)cc2)n1. The van der Waals surface area contributed by atoms with Crippen LogP contribution >= 0.6 is 11.8 Å². The summed E-state index contributed by atoms with van der Waals surface area (Å²) >= 11 is 1.50. The minimum atomic E-state index is -3.14. The fraction of sp³-hybridized carbons (Fsp3) is 0.214. The van der Waals surface area contributed by atoms with Gasteiger partial charge in [0.25, 0.3) is 0 Å². The van der Waals surface area contributed by atoms with E-state index in [0.29, 0.717) is 4.90 Å². The number of pyridine rings is 1. The second kappa shape index (κ2) is 6.28. The molecule has 1 aromatic heterocycles. The molecule has 0 aliphatic rings. The van der Waals surface area contributed by atoms with E-state index >= 15 is 0 Å². The van der Waals surface area contributed by atoms with Crippen molar-refractivity contribution >= 4 is 27.4 Å². The van der Waals surface area contributed by atoms with Gasteiger partial charge in [-0.1, -0.05) is 17.8 Å². The lowest BCUT2D eigenvalue weighted by atomic mass is 10.4. The van der Waals surface area contributed by atoms with Crippen LogP contribution in [0.2, 0.25) is 0 Å². The number of nitrogens with one attached hydrogen (secondary N) is 1. The van der Waals surface area contributed by atoms with Gasteiger partial charge in [-0.05, 0) is 43.3 Å². The lowest BCUT2D eigenvalue weighted by Gasteiger charge is -2.05. The molecule has 0 unspecified atom stereocenters. The van der Waals surface area contributed by atoms with Crippen molar-refractivity contribution in [2.24, 2.45) is 0 Å². The van der Waals surface area contributed by atoms with Gasteiger partial charge in [0.05, 0.1) is 4.90 Å². The van der Waals surface area contributed by atoms with Crippen LogP contribution < -0.4 is 5.32 Å². The molecule has 0 aliphatic heterocycles. The van der Waals surface area contributed by atoms with Gasteiger partial charge < -0.3 is 5.32 Å². The fourth-order valence-corrected chi connectivity index (χ4v) is 3.06. The molecule has 0 aliphatic carbocycles. The minimum Gasteiger partial charge on any atom is -0.370 e. The number of nitrogens with zero attached hydrogens (tertiary/aromatic N) is 1. The Balaban J connectivity index is 2.16. The van der Waals surface area contributed by atoms with Crippen LogP contribution in [0.1, 0.15) is 6.92 Å². The molecular formula is C14H16N2O2S2. The van der Waals surface area contributed by atoms with E-state index < -0.39 is 9.84 Å². The molecule has 106 valence electrons. The van der Waals surface area contributed by atoms with E-state index in [-0.39, 0.29) is 0 Å². The molecule has 0 atom stereocenters. The quantitative estimate of drug-likeness (QED) is 0.920. The molecule has 1 N–H and O–H groups in total. The molecule has 2 aromatic rings. The van der Waals surface area contributed by atoms with Gasteiger partial charge in [-0.2, -0.15) is 0 Å². The summed E-state index contributed by atoms with van der Waals surface area (Å²) in [6.07, 6.45) is 1.20. The number of anilines is 1. The highest BCUT2D eigenvalue weighted by Gasteiger charge is 2.07. The van der Waals surface area contributed by atoms with Crippen LogP contribution in [0.25, 0.3) is 0 Å². The van der Waals surface area contributed by atoms with Crippen molar-refractivity contribution in [2.45, 2.75) is 21.7 Å². The first-order valence-corrected chi connectivity index (χ1v) is 8.89. The Bertz CT molecular complexity index is 683. The summed E-state index contributed by atoms with van der Waals surface area (Å²) in [5.74, 6) is 0.838. The molecule has 0 fully saturated rings. The van der Waals surface area contributed by atoms with E-state index in [1.807, 2.05) is 25.1 Å². The van der Waals surface area contributed by atoms with Crippen molar-refractivity contribution in [3.05, 3.63) is 42.5 Å². The first-order chi connectivity index (χ1) is 9.49. The Morgan fingerprint density at radius 3 is 2.45 bits per heavy atom. The maximum atomic E-state index is 11.4. The van der Waals surface area contributed by atoms with Gasteiger partial charge in [0.15, 0.2) is 9.84 Å². The summed E-state index contributed by atoms with van der Waals surface area (Å²) in [7, 11) is -3.14. The van der Waals surface area contributed by atoms with Crippen LogP contribution in [0.4, 0.5) is 5.82 Å². The normalized spacial score (nSPS) is 11.3. The van der Waals surface area contributed by atoms with Gasteiger partial charge in [-0.15, -0.1) is 0 Å². The molecule has 0 saturated heterocycles. The highest BCUT2D eigenvalue weighted by molar-refractivity contribution is 7.99. The summed E-state index contributed by atoms with van der Waals surface area (Å²) in [5.41, 5.74) is 0. The molecule has 1 aromatic carbocycles. The van der Waals surface area contributed by atoms with E-state index in [1.54, 1.807) is 24.3 Å². The predicted molar refractivity (Wildman–Crippen MR) is 82.1 cm³/mol. The van der Waals surface area contributed by atoms with Gasteiger partial charge in [-0.3, -0.25) is 0 Å². The lowest BCUT2D eigenvalue weighted by Crippen LogP contribution is -1.99. The molecular weight excluding hydrogens is 292 g/mol. The maximum absolute atomic E-state index is 11.4. The van der Waals surface area contributed by atoms with Crippen molar-refractivity contribution < 1.29 is 8.42 Å². The zero-order valence-electron chi connectivity index (χ0n) is 11.3. The van der Waals surface area contributed by atoms with Gasteiger partial charge >= 0.3 is 0 Å². The second-order valence-corrected chi connectivity index (χ2v) is 7.35. The van der Waals surface area contributed by atoms with Crippen LogP contribution in [-0.2, 0) is 9.84 Å². The molecule has 4 nitrogen and oxygen atoms in total. The van der Waals surface area contributed by atoms with Gasteiger partial charge in [0.1, 0.15) is 10.8 Å². The van der Waals surface area contributed by atoms with Crippen molar-refractivity contribution in [1.29, 1.82) is 0 Å². The van der Waals surface area contributed by atoms with Gasteiger partial charge in [-0.25, -0.2) is 13.4 Å². The molecule has 2 rings (SSSR count). The topological polar surface area (TPSA) is 59.1 Å². The molecule has 0 amide bonds. The average Bonchev–Trinajstić information content (AvgIpc) is 2.39. The number of hydrogen-bond donors (Lipinski definition) is 1. The Labute approximate surface area is 123 Å². The number of aromatic nitrogens is 1. The molecule has 0 spiro atoms. The van der Waals surface area contributed by atoms with Crippen molar-refractivity contribution in [2.75, 3.05) is 18.1 Å². The van der Waals surface area contributed by atoms with Crippen molar-refractivity contribution in [3.63, 3.8) is 0 Å². The van der Waals surface area contributed by atoms with E-state index in [1.165, 1.54) is 18.0 Å². The van der Waals surface area contributed by atoms with Crippen LogP contribution in [0, 0.1) is 0 Å². The second-order valence-electron chi connectivity index (χ2n) is 4.24. The number of rotatable bonds is 5. The van der Waals surface area contributed by atoms with Crippen LogP contribution in [0.15, 0.2) is 57.3 Å². The molecule has 0 bridgehead atoms. The van der Waals surface area contributed by atoms with E-state index in [0.717, 1.165) is 22.3 Å². The Kier molecular flexibility index (Phi) is 4.67. The number of benzene rings is 1. The summed E-state index contributed by atoms with van der Waals surface area (Å²) < 4.78 is 22.8. The average molecular weight is 308 g/mol. The summed E-state index contributed by atoms with van der Waals surface area (Å²) in [6.45, 7) is 2.84. The monoisotopic (exact) mass is 308 g/mol. The zero-order valence-corrected chi connectivity index (χ0v) is 13.0. The summed E-state index contributed by atoms with van der Waals surface area (Å²) in [6, 6.07) is 12.6. The molecule has 0 radical (unpaired) electrons. The minimum absolute atomic E-state index is 0.330. The van der Waals surface area contributed by atoms with Crippen molar-refractivity contribution in [3.8, 4) is 0 Å². The van der Waals surface area contributed by atoms with E-state index in [4.69, 9.17) is 0 Å². The lowest BCUT2D eigenvalue weighted by molar-refractivity contribution is 0.602. The van der Waals surface area contributed by atoms with Crippen LogP contribution in [0.5, 0.6) is 0 Å². The molecule has 1 heterocycles. The zero-order chi connectivity index (χ0) is 14.6. The van der Waals surface area contributed by atoms with Gasteiger partial charge in [0, 0.05) is 17.7 Å². The number of sulfone groups is 1. The predicted octanol–water partition coefficient (Wildman–Crippen LogP) is 3.07. The Morgan fingerprint density at radius 1 is 1.15 bits per heavy atom. The summed E-state index contributed by atoms with van der Waals surface area (Å²) in [5, 5.41) is 4.03.